The molecule has 1 aliphatic carbocycles. The molecule has 0 aromatic heterocycles. The molecule has 26 heavy (non-hydrogen) atoms. The molecule has 0 heterocycles. The first-order valence-corrected chi connectivity index (χ1v) is 8.76. The Kier molecular flexibility index (Phi) is 5.26. The maximum atomic E-state index is 12.5. The number of esters is 1. The van der Waals surface area contributed by atoms with Crippen LogP contribution in [0.25, 0.3) is 0 Å². The highest BCUT2D eigenvalue weighted by molar-refractivity contribution is 5.96. The highest BCUT2D eigenvalue weighted by Crippen LogP contribution is 2.26. The molecule has 5 nitrogen and oxygen atoms in total. The van der Waals surface area contributed by atoms with Crippen LogP contribution in [0.15, 0.2) is 36.4 Å². The number of methoxy groups -OCH3 is 1. The molecule has 0 saturated carbocycles. The molecule has 1 amide bonds. The molecule has 1 atom stereocenters. The van der Waals surface area contributed by atoms with Crippen LogP contribution in [-0.2, 0) is 22.4 Å². The Bertz CT molecular complexity index is 844. The van der Waals surface area contributed by atoms with Gasteiger partial charge in [-0.1, -0.05) is 6.07 Å². The monoisotopic (exact) mass is 353 g/mol. The zero-order chi connectivity index (χ0) is 18.7. The number of aryl methyl sites for hydroxylation is 3. The van der Waals surface area contributed by atoms with Crippen molar-refractivity contribution in [2.75, 3.05) is 12.4 Å². The van der Waals surface area contributed by atoms with Gasteiger partial charge in [0.1, 0.15) is 5.75 Å². The molecule has 136 valence electrons. The third-order valence-electron chi connectivity index (χ3n) is 4.66. The van der Waals surface area contributed by atoms with Gasteiger partial charge >= 0.3 is 5.97 Å². The first kappa shape index (κ1) is 18.0. The van der Waals surface area contributed by atoms with E-state index in [1.807, 2.05) is 19.1 Å². The van der Waals surface area contributed by atoms with E-state index in [0.29, 0.717) is 17.0 Å². The lowest BCUT2D eigenvalue weighted by atomic mass is 10.1. The molecule has 0 aliphatic heterocycles. The number of carbonyl (C=O) groups is 2. The van der Waals surface area contributed by atoms with E-state index in [4.69, 9.17) is 9.47 Å². The van der Waals surface area contributed by atoms with Crippen molar-refractivity contribution in [1.29, 1.82) is 0 Å². The van der Waals surface area contributed by atoms with Gasteiger partial charge in [-0.2, -0.15) is 0 Å². The molecule has 0 fully saturated rings. The summed E-state index contributed by atoms with van der Waals surface area (Å²) < 4.78 is 10.5. The Hall–Kier alpha value is -2.82. The molecule has 1 aliphatic rings. The lowest BCUT2D eigenvalue weighted by Gasteiger charge is -2.16. The molecule has 0 radical (unpaired) electrons. The number of carbonyl (C=O) groups excluding carboxylic acids is 2. The highest BCUT2D eigenvalue weighted by atomic mass is 16.5. The standard InChI is InChI=1S/C21H23NO4/c1-13-11-17(21(24)25-3)8-10-19(13)22-20(23)14(2)26-18-9-7-15-5-4-6-16(15)12-18/h7-12,14H,4-6H2,1-3H3,(H,22,23)/t14-/m1/s1. The lowest BCUT2D eigenvalue weighted by molar-refractivity contribution is -0.122. The van der Waals surface area contributed by atoms with E-state index in [2.05, 4.69) is 11.4 Å². The van der Waals surface area contributed by atoms with Gasteiger partial charge in [-0.05, 0) is 80.1 Å². The van der Waals surface area contributed by atoms with Gasteiger partial charge in [0, 0.05) is 5.69 Å². The van der Waals surface area contributed by atoms with Crippen molar-refractivity contribution in [3.05, 3.63) is 58.7 Å². The molecular formula is C21H23NO4. The van der Waals surface area contributed by atoms with E-state index < -0.39 is 12.1 Å². The van der Waals surface area contributed by atoms with E-state index >= 15 is 0 Å². The molecule has 2 aromatic carbocycles. The Morgan fingerprint density at radius 3 is 2.58 bits per heavy atom. The van der Waals surface area contributed by atoms with Crippen LogP contribution >= 0.6 is 0 Å². The van der Waals surface area contributed by atoms with Crippen molar-refractivity contribution in [2.24, 2.45) is 0 Å². The molecule has 1 N–H and O–H groups in total. The number of hydrogen-bond acceptors (Lipinski definition) is 4. The Labute approximate surface area is 153 Å². The molecule has 5 heteroatoms. The molecule has 3 rings (SSSR count). The maximum Gasteiger partial charge on any atom is 0.337 e. The zero-order valence-electron chi connectivity index (χ0n) is 15.3. The summed E-state index contributed by atoms with van der Waals surface area (Å²) >= 11 is 0. The number of rotatable bonds is 5. The normalized spacial score (nSPS) is 13.7. The van der Waals surface area contributed by atoms with Crippen molar-refractivity contribution in [3.63, 3.8) is 0 Å². The largest absolute Gasteiger partial charge is 0.481 e. The average molecular weight is 353 g/mol. The summed E-state index contributed by atoms with van der Waals surface area (Å²) in [6.07, 6.45) is 2.73. The first-order chi connectivity index (χ1) is 12.5. The predicted octanol–water partition coefficient (Wildman–Crippen LogP) is 3.68. The van der Waals surface area contributed by atoms with Gasteiger partial charge in [-0.25, -0.2) is 4.79 Å². The van der Waals surface area contributed by atoms with Crippen LogP contribution in [0.1, 0.15) is 40.4 Å². The summed E-state index contributed by atoms with van der Waals surface area (Å²) in [5.41, 5.74) is 4.56. The van der Waals surface area contributed by atoms with E-state index in [1.54, 1.807) is 25.1 Å². The maximum absolute atomic E-state index is 12.5. The summed E-state index contributed by atoms with van der Waals surface area (Å²) in [4.78, 5) is 24.0. The van der Waals surface area contributed by atoms with Crippen LogP contribution in [0.5, 0.6) is 5.75 Å². The van der Waals surface area contributed by atoms with E-state index in [9.17, 15) is 9.59 Å². The van der Waals surface area contributed by atoms with Crippen molar-refractivity contribution < 1.29 is 19.1 Å². The molecule has 0 spiro atoms. The minimum absolute atomic E-state index is 0.237. The van der Waals surface area contributed by atoms with Gasteiger partial charge in [0.15, 0.2) is 6.10 Å². The number of fused-ring (bicyclic) bond motifs is 1. The van der Waals surface area contributed by atoms with Crippen LogP contribution < -0.4 is 10.1 Å². The molecular weight excluding hydrogens is 330 g/mol. The van der Waals surface area contributed by atoms with Crippen molar-refractivity contribution >= 4 is 17.6 Å². The third-order valence-corrected chi connectivity index (χ3v) is 4.66. The second-order valence-electron chi connectivity index (χ2n) is 6.55. The van der Waals surface area contributed by atoms with Gasteiger partial charge in [0.2, 0.25) is 0 Å². The van der Waals surface area contributed by atoms with Gasteiger partial charge in [0.25, 0.3) is 5.91 Å². The third kappa shape index (κ3) is 3.87. The van der Waals surface area contributed by atoms with Crippen LogP contribution in [0.4, 0.5) is 5.69 Å². The number of nitrogens with one attached hydrogen (secondary N) is 1. The number of hydrogen-bond donors (Lipinski definition) is 1. The Morgan fingerprint density at radius 2 is 1.85 bits per heavy atom. The predicted molar refractivity (Wildman–Crippen MR) is 99.7 cm³/mol. The summed E-state index contributed by atoms with van der Waals surface area (Å²) in [5.74, 6) is 0.0739. The number of amides is 1. The minimum atomic E-state index is -0.630. The van der Waals surface area contributed by atoms with E-state index in [0.717, 1.165) is 18.4 Å². The number of anilines is 1. The summed E-state index contributed by atoms with van der Waals surface area (Å²) in [5, 5.41) is 2.85. The van der Waals surface area contributed by atoms with Crippen molar-refractivity contribution in [2.45, 2.75) is 39.2 Å². The molecule has 0 bridgehead atoms. The van der Waals surface area contributed by atoms with Crippen LogP contribution in [-0.4, -0.2) is 25.1 Å². The Balaban J connectivity index is 1.65. The van der Waals surface area contributed by atoms with Crippen molar-refractivity contribution in [1.82, 2.24) is 0 Å². The SMILES string of the molecule is COC(=O)c1ccc(NC(=O)[C@@H](C)Oc2ccc3c(c2)CCC3)c(C)c1. The fraction of sp³-hybridized carbons (Fsp3) is 0.333. The fourth-order valence-corrected chi connectivity index (χ4v) is 3.16. The van der Waals surface area contributed by atoms with Crippen LogP contribution in [0.2, 0.25) is 0 Å². The van der Waals surface area contributed by atoms with E-state index in [-0.39, 0.29) is 5.91 Å². The summed E-state index contributed by atoms with van der Waals surface area (Å²) in [6, 6.07) is 11.0. The Morgan fingerprint density at radius 1 is 1.08 bits per heavy atom. The smallest absolute Gasteiger partial charge is 0.337 e. The number of ether oxygens (including phenoxy) is 2. The minimum Gasteiger partial charge on any atom is -0.481 e. The van der Waals surface area contributed by atoms with Gasteiger partial charge in [-0.3, -0.25) is 4.79 Å². The number of benzene rings is 2. The highest BCUT2D eigenvalue weighted by Gasteiger charge is 2.18. The van der Waals surface area contributed by atoms with Gasteiger partial charge in [-0.15, -0.1) is 0 Å². The van der Waals surface area contributed by atoms with Crippen LogP contribution in [0.3, 0.4) is 0 Å². The molecule has 0 saturated heterocycles. The summed E-state index contributed by atoms with van der Waals surface area (Å²) in [7, 11) is 1.34. The quantitative estimate of drug-likeness (QED) is 0.833. The van der Waals surface area contributed by atoms with Gasteiger partial charge in [0.05, 0.1) is 12.7 Å². The second kappa shape index (κ2) is 7.60. The summed E-state index contributed by atoms with van der Waals surface area (Å²) in [6.45, 7) is 3.55. The molecule has 2 aromatic rings. The average Bonchev–Trinajstić information content (AvgIpc) is 3.10. The first-order valence-electron chi connectivity index (χ1n) is 8.76. The topological polar surface area (TPSA) is 64.6 Å². The fourth-order valence-electron chi connectivity index (χ4n) is 3.16. The second-order valence-corrected chi connectivity index (χ2v) is 6.55. The van der Waals surface area contributed by atoms with E-state index in [1.165, 1.54) is 24.7 Å². The molecule has 0 unspecified atom stereocenters. The van der Waals surface area contributed by atoms with Gasteiger partial charge < -0.3 is 14.8 Å². The lowest BCUT2D eigenvalue weighted by Crippen LogP contribution is -2.30. The van der Waals surface area contributed by atoms with Crippen molar-refractivity contribution in [3.8, 4) is 5.75 Å². The van der Waals surface area contributed by atoms with Crippen LogP contribution in [0, 0.1) is 6.92 Å². The zero-order valence-corrected chi connectivity index (χ0v) is 15.3.